The summed E-state index contributed by atoms with van der Waals surface area (Å²) in [6.07, 6.45) is 0. The normalized spacial score (nSPS) is 7.62. The zero-order valence-corrected chi connectivity index (χ0v) is 8.48. The van der Waals surface area contributed by atoms with Crippen molar-refractivity contribution >= 4 is 0 Å². The van der Waals surface area contributed by atoms with Crippen molar-refractivity contribution in [3.8, 4) is 0 Å². The Balaban J connectivity index is 0.000000490. The van der Waals surface area contributed by atoms with Crippen molar-refractivity contribution in [3.63, 3.8) is 0 Å². The Morgan fingerprint density at radius 3 is 1.75 bits per heavy atom. The molecular formula is C7H8Hf. The summed E-state index contributed by atoms with van der Waals surface area (Å²) in [7, 11) is 0. The van der Waals surface area contributed by atoms with Gasteiger partial charge in [0.2, 0.25) is 0 Å². The molecule has 0 saturated heterocycles. The first kappa shape index (κ1) is 8.09. The van der Waals surface area contributed by atoms with Gasteiger partial charge in [-0.3, -0.25) is 0 Å². The van der Waals surface area contributed by atoms with Crippen molar-refractivity contribution in [3.05, 3.63) is 35.9 Å². The van der Waals surface area contributed by atoms with E-state index in [9.17, 15) is 0 Å². The zero-order valence-electron chi connectivity index (χ0n) is 4.89. The van der Waals surface area contributed by atoms with E-state index in [-0.39, 0.29) is 25.8 Å². The Morgan fingerprint density at radius 2 is 1.50 bits per heavy atom. The van der Waals surface area contributed by atoms with Crippen molar-refractivity contribution in [2.45, 2.75) is 6.92 Å². The van der Waals surface area contributed by atoms with E-state index in [2.05, 4.69) is 19.1 Å². The fourth-order valence-electron chi connectivity index (χ4n) is 0.534. The molecule has 1 aromatic rings. The molecule has 1 rings (SSSR count). The Labute approximate surface area is 68.7 Å². The van der Waals surface area contributed by atoms with E-state index in [0.717, 1.165) is 0 Å². The average Bonchev–Trinajstić information content (AvgIpc) is 1.69. The average molecular weight is 271 g/mol. The first-order chi connectivity index (χ1) is 3.39. The molecule has 0 aliphatic heterocycles. The second kappa shape index (κ2) is 4.02. The van der Waals surface area contributed by atoms with Crippen molar-refractivity contribution in [1.82, 2.24) is 0 Å². The van der Waals surface area contributed by atoms with Gasteiger partial charge in [0.25, 0.3) is 0 Å². The molecule has 40 valence electrons. The minimum absolute atomic E-state index is 0. The Kier molecular flexibility index (Phi) is 4.06. The van der Waals surface area contributed by atoms with E-state index < -0.39 is 0 Å². The molecule has 0 amide bonds. The van der Waals surface area contributed by atoms with Crippen LogP contribution >= 0.6 is 0 Å². The molecule has 0 spiro atoms. The summed E-state index contributed by atoms with van der Waals surface area (Å²) in [5, 5.41) is 0. The summed E-state index contributed by atoms with van der Waals surface area (Å²) >= 11 is 0. The van der Waals surface area contributed by atoms with Crippen LogP contribution in [0.2, 0.25) is 0 Å². The quantitative estimate of drug-likeness (QED) is 0.633. The number of benzene rings is 1. The van der Waals surface area contributed by atoms with Gasteiger partial charge in [-0.15, -0.1) is 0 Å². The molecular weight excluding hydrogens is 263 g/mol. The van der Waals surface area contributed by atoms with E-state index in [4.69, 9.17) is 0 Å². The summed E-state index contributed by atoms with van der Waals surface area (Å²) < 4.78 is 0. The molecule has 0 aliphatic carbocycles. The predicted octanol–water partition coefficient (Wildman–Crippen LogP) is 1.99. The van der Waals surface area contributed by atoms with Crippen LogP contribution < -0.4 is 0 Å². The molecule has 0 heterocycles. The topological polar surface area (TPSA) is 0 Å². The zero-order chi connectivity index (χ0) is 5.11. The minimum Gasteiger partial charge on any atom is -0.0622 e. The molecule has 0 aromatic heterocycles. The van der Waals surface area contributed by atoms with Gasteiger partial charge in [-0.25, -0.2) is 0 Å². The maximum Gasteiger partial charge on any atom is 0 e. The van der Waals surface area contributed by atoms with E-state index in [1.807, 2.05) is 18.2 Å². The van der Waals surface area contributed by atoms with Crippen LogP contribution in [-0.4, -0.2) is 0 Å². The molecule has 0 atom stereocenters. The third-order valence-corrected chi connectivity index (χ3v) is 0.940. The number of aryl methyl sites for hydroxylation is 1. The number of rotatable bonds is 0. The smallest absolute Gasteiger partial charge is 0 e. The van der Waals surface area contributed by atoms with Gasteiger partial charge in [-0.05, 0) is 6.92 Å². The molecule has 1 heteroatoms. The largest absolute Gasteiger partial charge is 0.0622 e. The fourth-order valence-corrected chi connectivity index (χ4v) is 0.534. The van der Waals surface area contributed by atoms with Crippen LogP contribution in [0, 0.1) is 6.92 Å². The second-order valence-corrected chi connectivity index (χ2v) is 1.65. The predicted molar refractivity (Wildman–Crippen MR) is 31.2 cm³/mol. The molecule has 0 nitrogen and oxygen atoms in total. The van der Waals surface area contributed by atoms with Gasteiger partial charge in [0.05, 0.1) is 0 Å². The van der Waals surface area contributed by atoms with Gasteiger partial charge < -0.3 is 0 Å². The van der Waals surface area contributed by atoms with Crippen LogP contribution in [0.5, 0.6) is 0 Å². The third kappa shape index (κ3) is 2.41. The molecule has 1 aromatic carbocycles. The third-order valence-electron chi connectivity index (χ3n) is 0.940. The van der Waals surface area contributed by atoms with Gasteiger partial charge in [0.15, 0.2) is 0 Å². The molecule has 0 aliphatic rings. The van der Waals surface area contributed by atoms with Gasteiger partial charge in [-0.1, -0.05) is 35.9 Å². The fraction of sp³-hybridized carbons (Fsp3) is 0.143. The summed E-state index contributed by atoms with van der Waals surface area (Å²) in [4.78, 5) is 0. The molecule has 0 bridgehead atoms. The SMILES string of the molecule is Cc1ccccc1.[Hf]. The van der Waals surface area contributed by atoms with Gasteiger partial charge in [0, 0.05) is 25.8 Å². The van der Waals surface area contributed by atoms with Crippen molar-refractivity contribution < 1.29 is 25.8 Å². The van der Waals surface area contributed by atoms with E-state index in [1.54, 1.807) is 0 Å². The standard InChI is InChI=1S/C7H8.Hf/c1-7-5-3-2-4-6-7;/h2-6H,1H3;. The molecule has 0 saturated carbocycles. The summed E-state index contributed by atoms with van der Waals surface area (Å²) in [6.45, 7) is 2.08. The van der Waals surface area contributed by atoms with Crippen LogP contribution in [0.25, 0.3) is 0 Å². The maximum atomic E-state index is 2.08. The molecule has 8 heavy (non-hydrogen) atoms. The van der Waals surface area contributed by atoms with Crippen molar-refractivity contribution in [2.24, 2.45) is 0 Å². The Morgan fingerprint density at radius 1 is 1.00 bits per heavy atom. The van der Waals surface area contributed by atoms with Gasteiger partial charge in [0.1, 0.15) is 0 Å². The van der Waals surface area contributed by atoms with Gasteiger partial charge >= 0.3 is 0 Å². The number of hydrogen-bond acceptors (Lipinski definition) is 0. The van der Waals surface area contributed by atoms with E-state index >= 15 is 0 Å². The summed E-state index contributed by atoms with van der Waals surface area (Å²) in [5.41, 5.74) is 1.32. The van der Waals surface area contributed by atoms with E-state index in [0.29, 0.717) is 0 Å². The summed E-state index contributed by atoms with van der Waals surface area (Å²) in [6, 6.07) is 10.3. The second-order valence-electron chi connectivity index (χ2n) is 1.65. The maximum absolute atomic E-state index is 2.08. The van der Waals surface area contributed by atoms with Crippen LogP contribution in [0.3, 0.4) is 0 Å². The molecule has 0 unspecified atom stereocenters. The van der Waals surface area contributed by atoms with Crippen LogP contribution in [-0.2, 0) is 25.8 Å². The number of hydrogen-bond donors (Lipinski definition) is 0. The van der Waals surface area contributed by atoms with Crippen LogP contribution in [0.1, 0.15) is 5.56 Å². The first-order valence-electron chi connectivity index (χ1n) is 2.41. The van der Waals surface area contributed by atoms with Crippen molar-refractivity contribution in [1.29, 1.82) is 0 Å². The first-order valence-corrected chi connectivity index (χ1v) is 2.41. The van der Waals surface area contributed by atoms with Crippen LogP contribution in [0.4, 0.5) is 0 Å². The summed E-state index contributed by atoms with van der Waals surface area (Å²) in [5.74, 6) is 0. The van der Waals surface area contributed by atoms with E-state index in [1.165, 1.54) is 5.56 Å². The monoisotopic (exact) mass is 272 g/mol. The molecule has 0 fully saturated rings. The van der Waals surface area contributed by atoms with Crippen molar-refractivity contribution in [2.75, 3.05) is 0 Å². The van der Waals surface area contributed by atoms with Gasteiger partial charge in [-0.2, -0.15) is 0 Å². The molecule has 0 radical (unpaired) electrons. The Hall–Kier alpha value is 0.0901. The molecule has 0 N–H and O–H groups in total. The Bertz CT molecular complexity index is 134. The minimum atomic E-state index is 0. The van der Waals surface area contributed by atoms with Crippen LogP contribution in [0.15, 0.2) is 30.3 Å².